The summed E-state index contributed by atoms with van der Waals surface area (Å²) in [4.78, 5) is 13.6. The number of piperidine rings is 1. The summed E-state index contributed by atoms with van der Waals surface area (Å²) in [7, 11) is 1.83. The number of rotatable bonds is 1. The topological polar surface area (TPSA) is 41.6 Å². The van der Waals surface area contributed by atoms with Crippen LogP contribution in [0.25, 0.3) is 0 Å². The van der Waals surface area contributed by atoms with Crippen LogP contribution in [-0.4, -0.2) is 26.1 Å². The average molecular weight is 260 g/mol. The van der Waals surface area contributed by atoms with Crippen molar-refractivity contribution in [3.05, 3.63) is 23.8 Å². The molecule has 1 fully saturated rings. The molecule has 1 atom stereocenters. The van der Waals surface area contributed by atoms with E-state index in [9.17, 15) is 4.79 Å². The van der Waals surface area contributed by atoms with E-state index >= 15 is 0 Å². The number of nitrogens with zero attached hydrogens (tertiary/aromatic N) is 1. The maximum Gasteiger partial charge on any atom is 0.230 e. The number of hydrogen-bond acceptors (Lipinski definition) is 3. The second-order valence-corrected chi connectivity index (χ2v) is 5.28. The number of carbonyl (C=O) groups excluding carboxylic acids is 1. The maximum atomic E-state index is 11.9. The summed E-state index contributed by atoms with van der Waals surface area (Å²) < 4.78 is 5.65. The van der Waals surface area contributed by atoms with E-state index in [-0.39, 0.29) is 5.91 Å². The van der Waals surface area contributed by atoms with E-state index < -0.39 is 0 Å². The van der Waals surface area contributed by atoms with E-state index in [1.54, 1.807) is 4.90 Å². The first kappa shape index (κ1) is 12.5. The lowest BCUT2D eigenvalue weighted by atomic mass is 9.97. The Hall–Kier alpha value is -1.55. The van der Waals surface area contributed by atoms with Gasteiger partial charge in [-0.25, -0.2) is 0 Å². The molecule has 0 radical (unpaired) electrons. The van der Waals surface area contributed by atoms with Crippen LogP contribution < -0.4 is 15.0 Å². The van der Waals surface area contributed by atoms with Gasteiger partial charge in [0.1, 0.15) is 5.75 Å². The summed E-state index contributed by atoms with van der Waals surface area (Å²) in [6.07, 6.45) is 4.13. The molecular weight excluding hydrogens is 240 g/mol. The lowest BCUT2D eigenvalue weighted by molar-refractivity contribution is -0.118. The SMILES string of the molecule is CN1C(=O)CCOc2ccc(C3CCCCN3)cc21. The van der Waals surface area contributed by atoms with Gasteiger partial charge >= 0.3 is 0 Å². The molecule has 1 N–H and O–H groups in total. The molecule has 0 saturated carbocycles. The van der Waals surface area contributed by atoms with Crippen molar-refractivity contribution in [1.82, 2.24) is 5.32 Å². The zero-order valence-electron chi connectivity index (χ0n) is 11.3. The Morgan fingerprint density at radius 1 is 1.37 bits per heavy atom. The smallest absolute Gasteiger partial charge is 0.230 e. The zero-order chi connectivity index (χ0) is 13.2. The first-order valence-corrected chi connectivity index (χ1v) is 7.02. The van der Waals surface area contributed by atoms with Crippen LogP contribution in [-0.2, 0) is 4.79 Å². The molecule has 1 aromatic rings. The van der Waals surface area contributed by atoms with Gasteiger partial charge in [0, 0.05) is 13.1 Å². The van der Waals surface area contributed by atoms with Gasteiger partial charge in [-0.2, -0.15) is 0 Å². The van der Waals surface area contributed by atoms with E-state index in [2.05, 4.69) is 17.4 Å². The molecular formula is C15H20N2O2. The lowest BCUT2D eigenvalue weighted by Gasteiger charge is -2.25. The number of ether oxygens (including phenoxy) is 1. The third kappa shape index (κ3) is 2.45. The minimum absolute atomic E-state index is 0.118. The van der Waals surface area contributed by atoms with Crippen LogP contribution in [0, 0.1) is 0 Å². The number of carbonyl (C=O) groups is 1. The summed E-state index contributed by atoms with van der Waals surface area (Å²) in [5, 5.41) is 3.54. The highest BCUT2D eigenvalue weighted by Gasteiger charge is 2.22. The molecule has 19 heavy (non-hydrogen) atoms. The molecule has 0 spiro atoms. The Balaban J connectivity index is 1.92. The van der Waals surface area contributed by atoms with Crippen molar-refractivity contribution in [2.45, 2.75) is 31.7 Å². The Labute approximate surface area is 113 Å². The van der Waals surface area contributed by atoms with Crippen LogP contribution in [0.4, 0.5) is 5.69 Å². The third-order valence-corrected chi connectivity index (χ3v) is 4.00. The molecule has 2 aliphatic heterocycles. The largest absolute Gasteiger partial charge is 0.491 e. The summed E-state index contributed by atoms with van der Waals surface area (Å²) in [6, 6.07) is 6.62. The van der Waals surface area contributed by atoms with E-state index in [0.717, 1.165) is 24.4 Å². The van der Waals surface area contributed by atoms with Crippen LogP contribution in [0.5, 0.6) is 5.75 Å². The summed E-state index contributed by atoms with van der Waals surface area (Å²) in [5.41, 5.74) is 2.15. The minimum Gasteiger partial charge on any atom is -0.491 e. The van der Waals surface area contributed by atoms with Crippen molar-refractivity contribution in [3.63, 3.8) is 0 Å². The standard InChI is InChI=1S/C15H20N2O2/c1-17-13-10-11(12-4-2-3-8-16-12)5-6-14(13)19-9-7-15(17)18/h5-6,10,12,16H,2-4,7-9H2,1H3. The highest BCUT2D eigenvalue weighted by Crippen LogP contribution is 2.34. The van der Waals surface area contributed by atoms with Crippen molar-refractivity contribution >= 4 is 11.6 Å². The molecule has 1 amide bonds. The van der Waals surface area contributed by atoms with Gasteiger partial charge in [-0.05, 0) is 37.1 Å². The van der Waals surface area contributed by atoms with E-state index in [0.29, 0.717) is 19.1 Å². The van der Waals surface area contributed by atoms with Crippen molar-refractivity contribution in [2.24, 2.45) is 0 Å². The molecule has 3 rings (SSSR count). The van der Waals surface area contributed by atoms with Gasteiger partial charge in [0.2, 0.25) is 5.91 Å². The van der Waals surface area contributed by atoms with Crippen LogP contribution in [0.2, 0.25) is 0 Å². The summed E-state index contributed by atoms with van der Waals surface area (Å²) in [5.74, 6) is 0.931. The van der Waals surface area contributed by atoms with Crippen LogP contribution in [0.15, 0.2) is 18.2 Å². The summed E-state index contributed by atoms with van der Waals surface area (Å²) >= 11 is 0. The second-order valence-electron chi connectivity index (χ2n) is 5.28. The number of amides is 1. The average Bonchev–Trinajstić information content (AvgIpc) is 2.60. The summed E-state index contributed by atoms with van der Waals surface area (Å²) in [6.45, 7) is 1.55. The number of benzene rings is 1. The van der Waals surface area contributed by atoms with Gasteiger partial charge < -0.3 is 15.0 Å². The Kier molecular flexibility index (Phi) is 3.42. The van der Waals surface area contributed by atoms with Gasteiger partial charge in [0.25, 0.3) is 0 Å². The van der Waals surface area contributed by atoms with Crippen molar-refractivity contribution in [1.29, 1.82) is 0 Å². The third-order valence-electron chi connectivity index (χ3n) is 4.00. The highest BCUT2D eigenvalue weighted by molar-refractivity contribution is 5.95. The van der Waals surface area contributed by atoms with E-state index in [1.807, 2.05) is 13.1 Å². The molecule has 2 heterocycles. The molecule has 1 aromatic carbocycles. The number of nitrogens with one attached hydrogen (secondary N) is 1. The molecule has 1 unspecified atom stereocenters. The first-order valence-electron chi connectivity index (χ1n) is 7.02. The van der Waals surface area contributed by atoms with Gasteiger partial charge in [-0.3, -0.25) is 4.79 Å². The quantitative estimate of drug-likeness (QED) is 0.842. The molecule has 4 nitrogen and oxygen atoms in total. The number of hydrogen-bond donors (Lipinski definition) is 1. The monoisotopic (exact) mass is 260 g/mol. The number of anilines is 1. The Morgan fingerprint density at radius 3 is 3.05 bits per heavy atom. The molecule has 2 aliphatic rings. The van der Waals surface area contributed by atoms with Gasteiger partial charge in [0.15, 0.2) is 0 Å². The van der Waals surface area contributed by atoms with Crippen LogP contribution in [0.3, 0.4) is 0 Å². The Morgan fingerprint density at radius 2 is 2.26 bits per heavy atom. The fraction of sp³-hybridized carbons (Fsp3) is 0.533. The lowest BCUT2D eigenvalue weighted by Crippen LogP contribution is -2.28. The molecule has 4 heteroatoms. The normalized spacial score (nSPS) is 23.5. The van der Waals surface area contributed by atoms with Crippen molar-refractivity contribution in [3.8, 4) is 5.75 Å². The predicted octanol–water partition coefficient (Wildman–Crippen LogP) is 2.25. The van der Waals surface area contributed by atoms with Gasteiger partial charge in [-0.15, -0.1) is 0 Å². The molecule has 0 aromatic heterocycles. The van der Waals surface area contributed by atoms with Crippen molar-refractivity contribution < 1.29 is 9.53 Å². The van der Waals surface area contributed by atoms with E-state index in [4.69, 9.17) is 4.74 Å². The van der Waals surface area contributed by atoms with Gasteiger partial charge in [0.05, 0.1) is 18.7 Å². The maximum absolute atomic E-state index is 11.9. The van der Waals surface area contributed by atoms with Crippen LogP contribution >= 0.6 is 0 Å². The zero-order valence-corrected chi connectivity index (χ0v) is 11.3. The van der Waals surface area contributed by atoms with E-state index in [1.165, 1.54) is 18.4 Å². The number of fused-ring (bicyclic) bond motifs is 1. The highest BCUT2D eigenvalue weighted by atomic mass is 16.5. The van der Waals surface area contributed by atoms with Crippen molar-refractivity contribution in [2.75, 3.05) is 25.1 Å². The fourth-order valence-corrected chi connectivity index (χ4v) is 2.82. The molecule has 0 aliphatic carbocycles. The Bertz CT molecular complexity index is 481. The second kappa shape index (κ2) is 5.21. The fourth-order valence-electron chi connectivity index (χ4n) is 2.82. The van der Waals surface area contributed by atoms with Crippen LogP contribution in [0.1, 0.15) is 37.3 Å². The molecule has 0 bridgehead atoms. The minimum atomic E-state index is 0.118. The van der Waals surface area contributed by atoms with Gasteiger partial charge in [-0.1, -0.05) is 12.5 Å². The molecule has 102 valence electrons. The predicted molar refractivity (Wildman–Crippen MR) is 74.6 cm³/mol. The first-order chi connectivity index (χ1) is 9.25. The molecule has 1 saturated heterocycles.